The van der Waals surface area contributed by atoms with Gasteiger partial charge in [-0.25, -0.2) is 0 Å². The summed E-state index contributed by atoms with van der Waals surface area (Å²) in [5, 5.41) is 0. The van der Waals surface area contributed by atoms with Crippen molar-refractivity contribution < 1.29 is 0 Å². The Hall–Kier alpha value is -2.78. The maximum absolute atomic E-state index is 4.87. The van der Waals surface area contributed by atoms with Crippen molar-refractivity contribution in [3.05, 3.63) is 98.7 Å². The van der Waals surface area contributed by atoms with Crippen LogP contribution in [-0.2, 0) is 12.8 Å². The van der Waals surface area contributed by atoms with Crippen molar-refractivity contribution in [2.75, 3.05) is 0 Å². The van der Waals surface area contributed by atoms with Gasteiger partial charge in [-0.1, -0.05) is 82.1 Å². The molecule has 1 aromatic carbocycles. The lowest BCUT2D eigenvalue weighted by Gasteiger charge is -2.62. The van der Waals surface area contributed by atoms with Crippen LogP contribution in [0.25, 0.3) is 5.57 Å². The fourth-order valence-electron chi connectivity index (χ4n) is 9.22. The highest BCUT2D eigenvalue weighted by atomic mass is 14.6. The fourth-order valence-corrected chi connectivity index (χ4v) is 9.22. The van der Waals surface area contributed by atoms with E-state index in [4.69, 9.17) is 13.2 Å². The standard InChI is InChI=1S/C39H48/c1-12-31-20-32(19-18-30-16-14-13-15-17-30)26(5)35-27(6)36-29(8)39(11)28(7)34(24(2)3)25(4)21-38(39,10)23-37(36,9)22-33(31)35/h16,20H,2,6-7,12-15,17,21-23H2,1,3-5,8-11H3/t37-,38+,39-/m1/s1. The predicted molar refractivity (Wildman–Crippen MR) is 170 cm³/mol. The summed E-state index contributed by atoms with van der Waals surface area (Å²) in [5.41, 5.74) is 17.5. The van der Waals surface area contributed by atoms with Crippen LogP contribution < -0.4 is 0 Å². The van der Waals surface area contributed by atoms with Gasteiger partial charge in [0.05, 0.1) is 0 Å². The van der Waals surface area contributed by atoms with Gasteiger partial charge < -0.3 is 0 Å². The van der Waals surface area contributed by atoms with Crippen LogP contribution in [-0.4, -0.2) is 0 Å². The number of benzene rings is 1. The third kappa shape index (κ3) is 3.95. The largest absolute Gasteiger partial charge is 0.0955 e. The predicted octanol–water partition coefficient (Wildman–Crippen LogP) is 10.6. The second-order valence-corrected chi connectivity index (χ2v) is 13.8. The van der Waals surface area contributed by atoms with Gasteiger partial charge in [0, 0.05) is 11.0 Å². The Bertz CT molecular complexity index is 1480. The smallest absolute Gasteiger partial charge is 0.0287 e. The van der Waals surface area contributed by atoms with Crippen molar-refractivity contribution in [2.24, 2.45) is 16.2 Å². The van der Waals surface area contributed by atoms with E-state index < -0.39 is 0 Å². The summed E-state index contributed by atoms with van der Waals surface area (Å²) in [6.45, 7) is 32.9. The van der Waals surface area contributed by atoms with Gasteiger partial charge in [0.2, 0.25) is 0 Å². The maximum atomic E-state index is 4.87. The number of rotatable bonds is 2. The van der Waals surface area contributed by atoms with Crippen molar-refractivity contribution in [2.45, 2.75) is 107 Å². The van der Waals surface area contributed by atoms with Crippen molar-refractivity contribution in [1.82, 2.24) is 0 Å². The Balaban J connectivity index is 1.71. The normalized spacial score (nSPS) is 30.2. The molecule has 0 N–H and O–H groups in total. The molecule has 3 atom stereocenters. The fraction of sp³-hybridized carbons (Fsp3) is 0.487. The van der Waals surface area contributed by atoms with E-state index >= 15 is 0 Å². The first-order chi connectivity index (χ1) is 18.3. The maximum Gasteiger partial charge on any atom is 0.0287 e. The van der Waals surface area contributed by atoms with Gasteiger partial charge in [-0.3, -0.25) is 0 Å². The first-order valence-corrected chi connectivity index (χ1v) is 15.1. The molecule has 0 heteroatoms. The van der Waals surface area contributed by atoms with Crippen LogP contribution in [0.4, 0.5) is 0 Å². The lowest BCUT2D eigenvalue weighted by molar-refractivity contribution is 0.0543. The van der Waals surface area contributed by atoms with Crippen molar-refractivity contribution in [3.8, 4) is 11.8 Å². The van der Waals surface area contributed by atoms with Crippen molar-refractivity contribution >= 4 is 5.57 Å². The lowest BCUT2D eigenvalue weighted by Crippen LogP contribution is -2.52. The highest BCUT2D eigenvalue weighted by Gasteiger charge is 2.59. The zero-order chi connectivity index (χ0) is 28.5. The molecular formula is C39H48. The topological polar surface area (TPSA) is 0 Å². The van der Waals surface area contributed by atoms with Crippen LogP contribution in [0.5, 0.6) is 0 Å². The SMILES string of the molecule is C=C(C)C1=C(C)C[C@@]2(C)C[C@@]3(C)Cc4c(CC)cc(C#CC5=CCCCC5)c(C)c4C(=C)C3=C(C)[C@@]2(C)C1=C. The molecular weight excluding hydrogens is 468 g/mol. The summed E-state index contributed by atoms with van der Waals surface area (Å²) in [6, 6.07) is 2.39. The van der Waals surface area contributed by atoms with Crippen LogP contribution in [0.2, 0.25) is 0 Å². The molecule has 0 spiro atoms. The molecule has 4 aliphatic carbocycles. The minimum atomic E-state index is -0.123. The van der Waals surface area contributed by atoms with E-state index in [9.17, 15) is 0 Å². The van der Waals surface area contributed by atoms with Gasteiger partial charge in [-0.15, -0.1) is 0 Å². The van der Waals surface area contributed by atoms with Gasteiger partial charge in [0.25, 0.3) is 0 Å². The van der Waals surface area contributed by atoms with Gasteiger partial charge >= 0.3 is 0 Å². The first kappa shape index (κ1) is 27.8. The summed E-state index contributed by atoms with van der Waals surface area (Å²) < 4.78 is 0. The summed E-state index contributed by atoms with van der Waals surface area (Å²) >= 11 is 0. The van der Waals surface area contributed by atoms with Gasteiger partial charge in [-0.2, -0.15) is 0 Å². The Morgan fingerprint density at radius 2 is 1.74 bits per heavy atom. The second kappa shape index (κ2) is 9.41. The molecule has 1 aromatic rings. The van der Waals surface area contributed by atoms with E-state index in [1.165, 1.54) is 86.1 Å². The highest BCUT2D eigenvalue weighted by molar-refractivity contribution is 5.88. The average Bonchev–Trinajstić information content (AvgIpc) is 2.86. The summed E-state index contributed by atoms with van der Waals surface area (Å²) in [4.78, 5) is 0. The van der Waals surface area contributed by atoms with Gasteiger partial charge in [-0.05, 0) is 146 Å². The first-order valence-electron chi connectivity index (χ1n) is 15.1. The van der Waals surface area contributed by atoms with E-state index in [0.29, 0.717) is 0 Å². The summed E-state index contributed by atoms with van der Waals surface area (Å²) in [5.74, 6) is 7.15. The van der Waals surface area contributed by atoms with Crippen molar-refractivity contribution in [3.63, 3.8) is 0 Å². The minimum absolute atomic E-state index is 0.0557. The number of fused-ring (bicyclic) bond motifs is 3. The third-order valence-electron chi connectivity index (χ3n) is 11.1. The Morgan fingerprint density at radius 3 is 2.36 bits per heavy atom. The highest BCUT2D eigenvalue weighted by Crippen LogP contribution is 2.70. The van der Waals surface area contributed by atoms with E-state index in [0.717, 1.165) is 37.7 Å². The molecule has 0 radical (unpaired) electrons. The van der Waals surface area contributed by atoms with Crippen LogP contribution in [0.1, 0.15) is 115 Å². The van der Waals surface area contributed by atoms with Gasteiger partial charge in [0.1, 0.15) is 0 Å². The zero-order valence-corrected chi connectivity index (χ0v) is 25.9. The molecule has 204 valence electrons. The molecule has 5 rings (SSSR count). The quantitative estimate of drug-likeness (QED) is 0.343. The van der Waals surface area contributed by atoms with Crippen LogP contribution in [0, 0.1) is 35.0 Å². The van der Waals surface area contributed by atoms with Crippen LogP contribution >= 0.6 is 0 Å². The molecule has 0 nitrogen and oxygen atoms in total. The molecule has 0 amide bonds. The zero-order valence-electron chi connectivity index (χ0n) is 25.9. The summed E-state index contributed by atoms with van der Waals surface area (Å²) in [6.07, 6.45) is 11.5. The van der Waals surface area contributed by atoms with E-state index in [2.05, 4.69) is 86.0 Å². The Morgan fingerprint density at radius 1 is 1.03 bits per heavy atom. The van der Waals surface area contributed by atoms with E-state index in [1.807, 2.05) is 0 Å². The van der Waals surface area contributed by atoms with Crippen LogP contribution in [0.15, 0.2) is 70.9 Å². The Labute approximate surface area is 238 Å². The van der Waals surface area contributed by atoms with E-state index in [1.54, 1.807) is 0 Å². The third-order valence-corrected chi connectivity index (χ3v) is 11.1. The van der Waals surface area contributed by atoms with E-state index in [-0.39, 0.29) is 16.2 Å². The molecule has 0 heterocycles. The molecule has 4 aliphatic rings. The number of aryl methyl sites for hydroxylation is 1. The molecule has 0 saturated heterocycles. The molecule has 39 heavy (non-hydrogen) atoms. The number of hydrogen-bond acceptors (Lipinski definition) is 0. The molecule has 0 aliphatic heterocycles. The molecule has 0 saturated carbocycles. The Kier molecular flexibility index (Phi) is 6.70. The number of hydrogen-bond donors (Lipinski definition) is 0. The minimum Gasteiger partial charge on any atom is -0.0955 e. The molecule has 0 fully saturated rings. The van der Waals surface area contributed by atoms with Gasteiger partial charge in [0.15, 0.2) is 0 Å². The molecule has 0 aromatic heterocycles. The molecule has 0 unspecified atom stereocenters. The monoisotopic (exact) mass is 516 g/mol. The van der Waals surface area contributed by atoms with Crippen LogP contribution in [0.3, 0.4) is 0 Å². The second-order valence-electron chi connectivity index (χ2n) is 13.8. The average molecular weight is 517 g/mol. The van der Waals surface area contributed by atoms with Crippen molar-refractivity contribution in [1.29, 1.82) is 0 Å². The lowest BCUT2D eigenvalue weighted by atomic mass is 9.41. The number of allylic oxidation sites excluding steroid dienone is 9. The molecule has 0 bridgehead atoms. The summed E-state index contributed by atoms with van der Waals surface area (Å²) in [7, 11) is 0.